The molecule has 49 heavy (non-hydrogen) atoms. The molecule has 2 aromatic heterocycles. The molecule has 1 atom stereocenters. The Morgan fingerprint density at radius 1 is 0.653 bits per heavy atom. The molecule has 0 unspecified atom stereocenters. The number of carbonyl (C=O) groups is 3. The van der Waals surface area contributed by atoms with E-state index in [-0.39, 0.29) is 17.8 Å². The summed E-state index contributed by atoms with van der Waals surface area (Å²) in [5.74, 6) is -0.346. The summed E-state index contributed by atoms with van der Waals surface area (Å²) in [5.41, 5.74) is 2.40. The Bertz CT molecular complexity index is 1130. The van der Waals surface area contributed by atoms with Crippen molar-refractivity contribution < 1.29 is 23.7 Å². The van der Waals surface area contributed by atoms with Gasteiger partial charge in [0.25, 0.3) is 0 Å². The third kappa shape index (κ3) is 21.4. The number of ether oxygens (including phenoxy) is 1. The molecule has 0 saturated heterocycles. The van der Waals surface area contributed by atoms with Crippen molar-refractivity contribution in [2.75, 3.05) is 13.2 Å². The van der Waals surface area contributed by atoms with E-state index in [0.29, 0.717) is 32.4 Å². The van der Waals surface area contributed by atoms with Gasteiger partial charge in [-0.25, -0.2) is 9.36 Å². The minimum absolute atomic E-state index is 0.0846. The molecule has 2 rings (SSSR count). The van der Waals surface area contributed by atoms with Crippen LogP contribution in [0, 0.1) is 0 Å². The minimum Gasteiger partial charge on any atom is -0.464 e. The second kappa shape index (κ2) is 28.5. The van der Waals surface area contributed by atoms with Crippen LogP contribution in [-0.4, -0.2) is 42.0 Å². The highest BCUT2D eigenvalue weighted by Gasteiger charge is 2.21. The predicted octanol–water partition coefficient (Wildman–Crippen LogP) is 8.80. The Hall–Kier alpha value is -3.29. The van der Waals surface area contributed by atoms with Crippen LogP contribution in [0.15, 0.2) is 49.1 Å². The lowest BCUT2D eigenvalue weighted by Crippen LogP contribution is -2.41. The number of pyridine rings is 2. The van der Waals surface area contributed by atoms with Crippen LogP contribution in [0.5, 0.6) is 0 Å². The first-order valence-electron chi connectivity index (χ1n) is 19.7. The highest BCUT2D eigenvalue weighted by molar-refractivity contribution is 5.84. The summed E-state index contributed by atoms with van der Waals surface area (Å²) in [4.78, 5) is 41.3. The van der Waals surface area contributed by atoms with Crippen LogP contribution in [0.2, 0.25) is 0 Å². The summed E-state index contributed by atoms with van der Waals surface area (Å²) in [6.45, 7) is 5.95. The second-order valence-corrected chi connectivity index (χ2v) is 13.4. The normalized spacial score (nSPS) is 11.6. The summed E-state index contributed by atoms with van der Waals surface area (Å²) in [7, 11) is 0. The molecule has 0 aliphatic rings. The van der Waals surface area contributed by atoms with E-state index in [2.05, 4.69) is 51.6 Å². The molecule has 0 aliphatic heterocycles. The Morgan fingerprint density at radius 2 is 1.18 bits per heavy atom. The van der Waals surface area contributed by atoms with E-state index in [9.17, 15) is 14.4 Å². The lowest BCUT2D eigenvalue weighted by Gasteiger charge is -2.17. The van der Waals surface area contributed by atoms with Gasteiger partial charge in [-0.1, -0.05) is 90.4 Å². The van der Waals surface area contributed by atoms with Crippen LogP contribution >= 0.6 is 0 Å². The van der Waals surface area contributed by atoms with Gasteiger partial charge in [0.2, 0.25) is 11.8 Å². The molecule has 2 aromatic rings. The van der Waals surface area contributed by atoms with Crippen LogP contribution in [0.4, 0.5) is 0 Å². The average Bonchev–Trinajstić information content (AvgIpc) is 3.11. The van der Waals surface area contributed by atoms with Gasteiger partial charge in [-0.05, 0) is 68.7 Å². The predicted molar refractivity (Wildman–Crippen MR) is 199 cm³/mol. The first kappa shape index (κ1) is 41.9. The third-order valence-corrected chi connectivity index (χ3v) is 9.13. The minimum atomic E-state index is -0.623. The smallest absolute Gasteiger partial charge is 0.328 e. The van der Waals surface area contributed by atoms with E-state index in [1.807, 2.05) is 24.5 Å². The number of nitrogens with zero attached hydrogens (tertiary/aromatic N) is 2. The first-order valence-corrected chi connectivity index (χ1v) is 19.7. The van der Waals surface area contributed by atoms with Gasteiger partial charge < -0.3 is 15.4 Å². The summed E-state index contributed by atoms with van der Waals surface area (Å²) in [5, 5.41) is 5.91. The number of rotatable bonds is 30. The molecule has 0 radical (unpaired) electrons. The molecular formula is C41H67N4O4+. The number of nitrogens with one attached hydrogen (secondary N) is 2. The molecular weight excluding hydrogens is 612 g/mol. The van der Waals surface area contributed by atoms with Gasteiger partial charge in [-0.15, -0.1) is 0 Å². The number of hydrogen-bond acceptors (Lipinski definition) is 5. The van der Waals surface area contributed by atoms with Crippen molar-refractivity contribution in [3.63, 3.8) is 0 Å². The van der Waals surface area contributed by atoms with Gasteiger partial charge in [0.05, 0.1) is 6.61 Å². The highest BCUT2D eigenvalue weighted by atomic mass is 16.5. The van der Waals surface area contributed by atoms with E-state index >= 15 is 0 Å². The van der Waals surface area contributed by atoms with Crippen LogP contribution < -0.4 is 15.2 Å². The van der Waals surface area contributed by atoms with Gasteiger partial charge >= 0.3 is 5.97 Å². The largest absolute Gasteiger partial charge is 0.464 e. The van der Waals surface area contributed by atoms with Crippen LogP contribution in [0.25, 0.3) is 11.1 Å². The van der Waals surface area contributed by atoms with Crippen molar-refractivity contribution >= 4 is 17.8 Å². The lowest BCUT2D eigenvalue weighted by molar-refractivity contribution is -0.697. The van der Waals surface area contributed by atoms with Gasteiger partial charge in [0, 0.05) is 50.3 Å². The summed E-state index contributed by atoms with van der Waals surface area (Å²) >= 11 is 0. The number of amides is 2. The molecule has 8 nitrogen and oxygen atoms in total. The molecule has 274 valence electrons. The molecule has 0 spiro atoms. The zero-order valence-electron chi connectivity index (χ0n) is 30.9. The van der Waals surface area contributed by atoms with E-state index in [1.54, 1.807) is 6.92 Å². The zero-order chi connectivity index (χ0) is 35.2. The fourth-order valence-corrected chi connectivity index (χ4v) is 6.13. The quantitative estimate of drug-likeness (QED) is 0.0488. The zero-order valence-corrected chi connectivity index (χ0v) is 30.9. The van der Waals surface area contributed by atoms with E-state index in [4.69, 9.17) is 4.74 Å². The number of hydrogen-bond donors (Lipinski definition) is 2. The van der Waals surface area contributed by atoms with Crippen LogP contribution in [-0.2, 0) is 25.7 Å². The first-order chi connectivity index (χ1) is 24.0. The number of unbranched alkanes of at least 4 members (excludes halogenated alkanes) is 16. The van der Waals surface area contributed by atoms with E-state index in [0.717, 1.165) is 51.5 Å². The number of esters is 1. The fourth-order valence-electron chi connectivity index (χ4n) is 6.13. The molecule has 0 aromatic carbocycles. The fraction of sp³-hybridized carbons (Fsp3) is 0.683. The maximum absolute atomic E-state index is 12.6. The van der Waals surface area contributed by atoms with Gasteiger partial charge in [0.1, 0.15) is 12.6 Å². The highest BCUT2D eigenvalue weighted by Crippen LogP contribution is 2.16. The van der Waals surface area contributed by atoms with Gasteiger partial charge in [0.15, 0.2) is 12.4 Å². The maximum Gasteiger partial charge on any atom is 0.328 e. The summed E-state index contributed by atoms with van der Waals surface area (Å²) < 4.78 is 7.47. The topological polar surface area (TPSA) is 101 Å². The van der Waals surface area contributed by atoms with Crippen molar-refractivity contribution in [1.29, 1.82) is 0 Å². The average molecular weight is 680 g/mol. The molecule has 2 amide bonds. The van der Waals surface area contributed by atoms with Crippen LogP contribution in [0.1, 0.15) is 155 Å². The molecule has 0 bridgehead atoms. The van der Waals surface area contributed by atoms with Crippen molar-refractivity contribution in [3.8, 4) is 11.1 Å². The molecule has 2 heterocycles. The Morgan fingerprint density at radius 3 is 1.78 bits per heavy atom. The van der Waals surface area contributed by atoms with Crippen molar-refractivity contribution in [1.82, 2.24) is 15.6 Å². The van der Waals surface area contributed by atoms with E-state index in [1.165, 1.54) is 88.2 Å². The third-order valence-electron chi connectivity index (χ3n) is 9.13. The standard InChI is InChI=1S/C41H66N4O4/c1-3-5-6-7-8-9-12-15-18-24-39(46)43-30-21-20-23-38(41(48)49-4-2)44-40(47)25-19-16-13-10-11-14-17-22-33-45-34-28-37(29-35-45)36-26-31-42-32-27-36/h26-29,31-32,34-35,38H,3-25,30,33H2,1-2H3,(H-,43,44,46,47)/p+1/t38-/m0/s1. The van der Waals surface area contributed by atoms with Crippen molar-refractivity contribution in [3.05, 3.63) is 49.1 Å². The Balaban J connectivity index is 1.46. The van der Waals surface area contributed by atoms with Crippen molar-refractivity contribution in [2.24, 2.45) is 0 Å². The number of aryl methyl sites for hydroxylation is 1. The molecule has 0 fully saturated rings. The Kier molecular flexibility index (Phi) is 24.4. The summed E-state index contributed by atoms with van der Waals surface area (Å²) in [6.07, 6.45) is 31.2. The van der Waals surface area contributed by atoms with E-state index < -0.39 is 6.04 Å². The van der Waals surface area contributed by atoms with Gasteiger partial charge in [-0.2, -0.15) is 0 Å². The molecule has 8 heteroatoms. The molecule has 0 aliphatic carbocycles. The second-order valence-electron chi connectivity index (χ2n) is 13.4. The number of carbonyl (C=O) groups excluding carboxylic acids is 3. The Labute approximate surface area is 297 Å². The summed E-state index contributed by atoms with van der Waals surface area (Å²) in [6, 6.07) is 7.76. The molecule has 0 saturated carbocycles. The number of aromatic nitrogens is 2. The van der Waals surface area contributed by atoms with Crippen molar-refractivity contribution in [2.45, 2.75) is 168 Å². The van der Waals surface area contributed by atoms with Crippen LogP contribution in [0.3, 0.4) is 0 Å². The maximum atomic E-state index is 12.6. The monoisotopic (exact) mass is 680 g/mol. The SMILES string of the molecule is CCCCCCCCCCCC(=O)NCCCC[C@H](NC(=O)CCCCCCCCCC[n+]1ccc(-c2ccncc2)cc1)C(=O)OCC. The molecule has 2 N–H and O–H groups in total. The van der Waals surface area contributed by atoms with Gasteiger partial charge in [-0.3, -0.25) is 14.6 Å². The lowest BCUT2D eigenvalue weighted by atomic mass is 10.1.